The second-order valence-corrected chi connectivity index (χ2v) is 3.11. The molecule has 0 saturated heterocycles. The van der Waals surface area contributed by atoms with E-state index in [1.165, 1.54) is 0 Å². The van der Waals surface area contributed by atoms with Gasteiger partial charge in [0.15, 0.2) is 6.10 Å². The maximum Gasteiger partial charge on any atom is 0.152 e. The molecule has 3 nitrogen and oxygen atoms in total. The molecule has 0 amide bonds. The first-order valence-electron chi connectivity index (χ1n) is 3.85. The molecule has 1 aromatic carbocycles. The predicted molar refractivity (Wildman–Crippen MR) is 53.5 cm³/mol. The van der Waals surface area contributed by atoms with E-state index in [0.29, 0.717) is 10.8 Å². The van der Waals surface area contributed by atoms with Crippen molar-refractivity contribution in [2.24, 2.45) is 5.73 Å². The molecule has 13 heavy (non-hydrogen) atoms. The number of ether oxygens (including phenoxy) is 1. The second kappa shape index (κ2) is 4.14. The lowest BCUT2D eigenvalue weighted by molar-refractivity contribution is 0.285. The van der Waals surface area contributed by atoms with Gasteiger partial charge in [-0.25, -0.2) is 0 Å². The van der Waals surface area contributed by atoms with Crippen LogP contribution in [0.4, 0.5) is 0 Å². The molecule has 0 heterocycles. The van der Waals surface area contributed by atoms with Crippen LogP contribution < -0.4 is 10.5 Å². The molecule has 1 unspecified atom stereocenters. The average molecular weight is 199 g/mol. The summed E-state index contributed by atoms with van der Waals surface area (Å²) < 4.78 is 5.32. The Morgan fingerprint density at radius 1 is 1.62 bits per heavy atom. The van der Waals surface area contributed by atoms with Crippen molar-refractivity contribution in [3.8, 4) is 5.75 Å². The molecule has 0 aliphatic carbocycles. The van der Waals surface area contributed by atoms with Gasteiger partial charge in [-0.2, -0.15) is 0 Å². The van der Waals surface area contributed by atoms with Crippen LogP contribution in [0.25, 0.3) is 0 Å². The molecule has 0 fully saturated rings. The van der Waals surface area contributed by atoms with Crippen LogP contribution in [0, 0.1) is 5.41 Å². The minimum absolute atomic E-state index is 0.0000227. The average Bonchev–Trinajstić information content (AvgIpc) is 2.04. The Kier molecular flexibility index (Phi) is 3.14. The van der Waals surface area contributed by atoms with Gasteiger partial charge in [0.1, 0.15) is 11.6 Å². The van der Waals surface area contributed by atoms with E-state index in [9.17, 15) is 0 Å². The number of nitrogens with one attached hydrogen (secondary N) is 1. The molecule has 0 aliphatic rings. The number of hydrogen-bond acceptors (Lipinski definition) is 2. The van der Waals surface area contributed by atoms with Crippen LogP contribution in [0.1, 0.15) is 6.92 Å². The molecule has 1 atom stereocenters. The van der Waals surface area contributed by atoms with Crippen molar-refractivity contribution >= 4 is 17.4 Å². The molecule has 70 valence electrons. The highest BCUT2D eigenvalue weighted by molar-refractivity contribution is 6.30. The van der Waals surface area contributed by atoms with Crippen molar-refractivity contribution in [3.05, 3.63) is 29.3 Å². The Balaban J connectivity index is 2.69. The second-order valence-electron chi connectivity index (χ2n) is 2.67. The minimum Gasteiger partial charge on any atom is -0.483 e. The van der Waals surface area contributed by atoms with Crippen molar-refractivity contribution < 1.29 is 4.74 Å². The van der Waals surface area contributed by atoms with Crippen LogP contribution >= 0.6 is 11.6 Å². The van der Waals surface area contributed by atoms with Crippen LogP contribution in [-0.4, -0.2) is 11.9 Å². The van der Waals surface area contributed by atoms with Gasteiger partial charge in [0.05, 0.1) is 0 Å². The summed E-state index contributed by atoms with van der Waals surface area (Å²) in [5.41, 5.74) is 5.25. The standard InChI is InChI=1S/C9H11ClN2O/c1-6(9(11)12)13-8-4-2-3-7(10)5-8/h2-6H,1H3,(H3,11,12). The fourth-order valence-electron chi connectivity index (χ4n) is 0.808. The molecule has 0 aliphatic heterocycles. The predicted octanol–water partition coefficient (Wildman–Crippen LogP) is 2.04. The Bertz CT molecular complexity index is 314. The molecule has 3 N–H and O–H groups in total. The monoisotopic (exact) mass is 198 g/mol. The molecular weight excluding hydrogens is 188 g/mol. The van der Waals surface area contributed by atoms with E-state index < -0.39 is 6.10 Å². The third-order valence-corrected chi connectivity index (χ3v) is 1.78. The normalized spacial score (nSPS) is 12.2. The van der Waals surface area contributed by atoms with E-state index in [0.717, 1.165) is 0 Å². The van der Waals surface area contributed by atoms with Gasteiger partial charge >= 0.3 is 0 Å². The molecule has 4 heteroatoms. The summed E-state index contributed by atoms with van der Waals surface area (Å²) in [5, 5.41) is 7.73. The first-order valence-corrected chi connectivity index (χ1v) is 4.23. The van der Waals surface area contributed by atoms with Gasteiger partial charge < -0.3 is 10.5 Å². The van der Waals surface area contributed by atoms with E-state index >= 15 is 0 Å². The lowest BCUT2D eigenvalue weighted by atomic mass is 10.3. The Morgan fingerprint density at radius 2 is 2.31 bits per heavy atom. The van der Waals surface area contributed by atoms with Crippen LogP contribution in [0.2, 0.25) is 5.02 Å². The summed E-state index contributed by atoms with van der Waals surface area (Å²) in [6.45, 7) is 1.71. The fraction of sp³-hybridized carbons (Fsp3) is 0.222. The largest absolute Gasteiger partial charge is 0.483 e. The highest BCUT2D eigenvalue weighted by atomic mass is 35.5. The summed E-state index contributed by atoms with van der Waals surface area (Å²) in [5.74, 6) is 0.621. The summed E-state index contributed by atoms with van der Waals surface area (Å²) in [6, 6.07) is 6.99. The summed E-state index contributed by atoms with van der Waals surface area (Å²) in [4.78, 5) is 0. The Morgan fingerprint density at radius 3 is 2.85 bits per heavy atom. The zero-order valence-corrected chi connectivity index (χ0v) is 8.01. The van der Waals surface area contributed by atoms with Gasteiger partial charge in [0.2, 0.25) is 0 Å². The molecule has 0 radical (unpaired) electrons. The number of rotatable bonds is 3. The van der Waals surface area contributed by atoms with E-state index in [4.69, 9.17) is 27.5 Å². The zero-order chi connectivity index (χ0) is 9.84. The van der Waals surface area contributed by atoms with Crippen molar-refractivity contribution in [2.75, 3.05) is 0 Å². The smallest absolute Gasteiger partial charge is 0.152 e. The van der Waals surface area contributed by atoms with E-state index in [-0.39, 0.29) is 5.84 Å². The number of amidine groups is 1. The van der Waals surface area contributed by atoms with Gasteiger partial charge in [-0.3, -0.25) is 5.41 Å². The van der Waals surface area contributed by atoms with Gasteiger partial charge in [0.25, 0.3) is 0 Å². The molecular formula is C9H11ClN2O. The topological polar surface area (TPSA) is 59.1 Å². The quantitative estimate of drug-likeness (QED) is 0.577. The van der Waals surface area contributed by atoms with Gasteiger partial charge in [0, 0.05) is 5.02 Å². The number of halogens is 1. The van der Waals surface area contributed by atoms with Gasteiger partial charge in [-0.1, -0.05) is 17.7 Å². The lowest BCUT2D eigenvalue weighted by Gasteiger charge is -2.12. The summed E-state index contributed by atoms with van der Waals surface area (Å²) in [7, 11) is 0. The number of benzene rings is 1. The number of hydrogen-bond donors (Lipinski definition) is 2. The molecule has 1 aromatic rings. The van der Waals surface area contributed by atoms with Crippen LogP contribution in [-0.2, 0) is 0 Å². The van der Waals surface area contributed by atoms with Crippen LogP contribution in [0.5, 0.6) is 5.75 Å². The van der Waals surface area contributed by atoms with Crippen molar-refractivity contribution in [1.29, 1.82) is 5.41 Å². The Labute approximate surface area is 82.0 Å². The van der Waals surface area contributed by atoms with Crippen molar-refractivity contribution in [1.82, 2.24) is 0 Å². The van der Waals surface area contributed by atoms with E-state index in [1.54, 1.807) is 31.2 Å². The minimum atomic E-state index is -0.418. The summed E-state index contributed by atoms with van der Waals surface area (Å²) in [6.07, 6.45) is -0.418. The maximum absolute atomic E-state index is 7.12. The van der Waals surface area contributed by atoms with Crippen molar-refractivity contribution in [3.63, 3.8) is 0 Å². The first kappa shape index (κ1) is 9.86. The van der Waals surface area contributed by atoms with E-state index in [2.05, 4.69) is 0 Å². The zero-order valence-electron chi connectivity index (χ0n) is 7.25. The van der Waals surface area contributed by atoms with Crippen molar-refractivity contribution in [2.45, 2.75) is 13.0 Å². The maximum atomic E-state index is 7.12. The third kappa shape index (κ3) is 2.95. The first-order chi connectivity index (χ1) is 6.09. The van der Waals surface area contributed by atoms with Gasteiger partial charge in [-0.15, -0.1) is 0 Å². The third-order valence-electron chi connectivity index (χ3n) is 1.55. The number of nitrogens with two attached hydrogens (primary N) is 1. The molecule has 0 bridgehead atoms. The fourth-order valence-corrected chi connectivity index (χ4v) is 0.988. The highest BCUT2D eigenvalue weighted by Gasteiger charge is 2.06. The van der Waals surface area contributed by atoms with Crippen LogP contribution in [0.15, 0.2) is 24.3 Å². The Hall–Kier alpha value is -1.22. The lowest BCUT2D eigenvalue weighted by Crippen LogP contribution is -2.29. The SMILES string of the molecule is CC(Oc1cccc(Cl)c1)C(=N)N. The van der Waals surface area contributed by atoms with E-state index in [1.807, 2.05) is 0 Å². The van der Waals surface area contributed by atoms with Gasteiger partial charge in [-0.05, 0) is 25.1 Å². The highest BCUT2D eigenvalue weighted by Crippen LogP contribution is 2.18. The molecule has 1 rings (SSSR count). The molecule has 0 saturated carbocycles. The molecule has 0 spiro atoms. The summed E-state index contributed by atoms with van der Waals surface area (Å²) >= 11 is 5.74. The molecule has 0 aromatic heterocycles. The van der Waals surface area contributed by atoms with Crippen LogP contribution in [0.3, 0.4) is 0 Å².